The maximum atomic E-state index is 10.9. The summed E-state index contributed by atoms with van der Waals surface area (Å²) in [7, 11) is -3.52. The largest absolute Gasteiger partial charge is 0.323 e. The molecule has 1 aliphatic rings. The number of nitrogens with zero attached hydrogens (tertiary/aromatic N) is 3. The van der Waals surface area contributed by atoms with Gasteiger partial charge in [-0.3, -0.25) is 5.10 Å². The highest BCUT2D eigenvalue weighted by Crippen LogP contribution is 2.39. The van der Waals surface area contributed by atoms with Crippen LogP contribution in [0.15, 0.2) is 24.4 Å². The number of aromatic amines is 1. The Labute approximate surface area is 127 Å². The van der Waals surface area contributed by atoms with Crippen LogP contribution >= 0.6 is 0 Å². The number of nitrogens with one attached hydrogen (secondary N) is 2. The van der Waals surface area contributed by atoms with E-state index in [1.54, 1.807) is 12.3 Å². The van der Waals surface area contributed by atoms with Crippen molar-refractivity contribution in [3.63, 3.8) is 0 Å². The van der Waals surface area contributed by atoms with Gasteiger partial charge in [-0.25, -0.2) is 23.5 Å². The summed E-state index contributed by atoms with van der Waals surface area (Å²) in [6.07, 6.45) is 6.91. The first-order valence-electron chi connectivity index (χ1n) is 6.82. The molecule has 0 amide bonds. The molecule has 0 atom stereocenters. The highest BCUT2D eigenvalue weighted by molar-refractivity contribution is 7.89. The second-order valence-electron chi connectivity index (χ2n) is 5.14. The van der Waals surface area contributed by atoms with Crippen LogP contribution in [-0.4, -0.2) is 34.3 Å². The van der Waals surface area contributed by atoms with Crippen molar-refractivity contribution < 1.29 is 8.42 Å². The molecule has 8 nitrogen and oxygen atoms in total. The van der Waals surface area contributed by atoms with Crippen LogP contribution in [0.3, 0.4) is 0 Å². The maximum absolute atomic E-state index is 10.9. The van der Waals surface area contributed by atoms with Crippen molar-refractivity contribution in [3.05, 3.63) is 35.9 Å². The second kappa shape index (κ2) is 5.85. The molecule has 0 unspecified atom stereocenters. The van der Waals surface area contributed by atoms with E-state index in [-0.39, 0.29) is 5.75 Å². The number of H-pyrrole nitrogens is 1. The van der Waals surface area contributed by atoms with Crippen LogP contribution in [0.2, 0.25) is 0 Å². The van der Waals surface area contributed by atoms with Gasteiger partial charge in [0.2, 0.25) is 10.0 Å². The van der Waals surface area contributed by atoms with Gasteiger partial charge in [0.05, 0.1) is 5.75 Å². The molecule has 1 aliphatic carbocycles. The minimum Gasteiger partial charge on any atom is -0.323 e. The van der Waals surface area contributed by atoms with Gasteiger partial charge in [-0.15, -0.1) is 0 Å². The highest BCUT2D eigenvalue weighted by atomic mass is 32.2. The summed E-state index contributed by atoms with van der Waals surface area (Å²) in [6, 6.07) is 3.68. The summed E-state index contributed by atoms with van der Waals surface area (Å²) in [5.74, 6) is 2.02. The molecule has 2 aromatic rings. The lowest BCUT2D eigenvalue weighted by Crippen LogP contribution is -2.14. The molecule has 0 spiro atoms. The first-order valence-corrected chi connectivity index (χ1v) is 8.53. The molecule has 0 radical (unpaired) electrons. The SMILES string of the molecule is NS(=O)(=O)CC=Cc1nccc(Nc2cc(C3CC3)[nH]n2)n1. The predicted molar refractivity (Wildman–Crippen MR) is 82.9 cm³/mol. The van der Waals surface area contributed by atoms with E-state index in [4.69, 9.17) is 5.14 Å². The highest BCUT2D eigenvalue weighted by Gasteiger charge is 2.25. The van der Waals surface area contributed by atoms with Crippen LogP contribution in [0.25, 0.3) is 6.08 Å². The zero-order valence-electron chi connectivity index (χ0n) is 11.7. The van der Waals surface area contributed by atoms with Gasteiger partial charge in [-0.2, -0.15) is 5.10 Å². The third kappa shape index (κ3) is 4.12. The van der Waals surface area contributed by atoms with E-state index >= 15 is 0 Å². The number of hydrogen-bond donors (Lipinski definition) is 3. The third-order valence-corrected chi connectivity index (χ3v) is 3.80. The Bertz CT molecular complexity index is 794. The maximum Gasteiger partial charge on any atom is 0.212 e. The lowest BCUT2D eigenvalue weighted by molar-refractivity contribution is 0.600. The normalized spacial score (nSPS) is 15.3. The Kier molecular flexibility index (Phi) is 3.90. The minimum atomic E-state index is -3.52. The number of aromatic nitrogens is 4. The molecule has 22 heavy (non-hydrogen) atoms. The molecule has 3 rings (SSSR count). The van der Waals surface area contributed by atoms with E-state index in [1.165, 1.54) is 25.0 Å². The molecular formula is C13H16N6O2S. The van der Waals surface area contributed by atoms with Gasteiger partial charge in [0.25, 0.3) is 0 Å². The number of hydrogen-bond acceptors (Lipinski definition) is 6. The van der Waals surface area contributed by atoms with Crippen LogP contribution in [-0.2, 0) is 10.0 Å². The average molecular weight is 320 g/mol. The summed E-state index contributed by atoms with van der Waals surface area (Å²) in [4.78, 5) is 8.30. The molecular weight excluding hydrogens is 304 g/mol. The smallest absolute Gasteiger partial charge is 0.212 e. The predicted octanol–water partition coefficient (Wildman–Crippen LogP) is 1.12. The van der Waals surface area contributed by atoms with Gasteiger partial charge in [0.1, 0.15) is 5.82 Å². The van der Waals surface area contributed by atoms with Crippen LogP contribution in [0.4, 0.5) is 11.6 Å². The van der Waals surface area contributed by atoms with E-state index in [0.717, 1.165) is 5.69 Å². The van der Waals surface area contributed by atoms with Crippen molar-refractivity contribution in [2.45, 2.75) is 18.8 Å². The zero-order valence-corrected chi connectivity index (χ0v) is 12.5. The van der Waals surface area contributed by atoms with Gasteiger partial charge >= 0.3 is 0 Å². The monoisotopic (exact) mass is 320 g/mol. The number of anilines is 2. The molecule has 4 N–H and O–H groups in total. The molecule has 1 saturated carbocycles. The third-order valence-electron chi connectivity index (χ3n) is 3.14. The summed E-state index contributed by atoms with van der Waals surface area (Å²) in [5.41, 5.74) is 1.13. The Hall–Kier alpha value is -2.26. The molecule has 0 aromatic carbocycles. The second-order valence-corrected chi connectivity index (χ2v) is 6.80. The first-order chi connectivity index (χ1) is 10.5. The fourth-order valence-electron chi connectivity index (χ4n) is 1.95. The van der Waals surface area contributed by atoms with Crippen molar-refractivity contribution in [2.24, 2.45) is 5.14 Å². The summed E-state index contributed by atoms with van der Waals surface area (Å²) < 4.78 is 21.7. The fourth-order valence-corrected chi connectivity index (χ4v) is 2.31. The van der Waals surface area contributed by atoms with Crippen molar-refractivity contribution >= 4 is 27.7 Å². The number of nitrogens with two attached hydrogens (primary N) is 1. The minimum absolute atomic E-state index is 0.252. The Morgan fingerprint density at radius 2 is 2.23 bits per heavy atom. The van der Waals surface area contributed by atoms with Gasteiger partial charge < -0.3 is 5.32 Å². The Balaban J connectivity index is 1.67. The Morgan fingerprint density at radius 1 is 1.41 bits per heavy atom. The lowest BCUT2D eigenvalue weighted by atomic mass is 10.3. The van der Waals surface area contributed by atoms with E-state index in [2.05, 4.69) is 25.5 Å². The van der Waals surface area contributed by atoms with Crippen molar-refractivity contribution in [1.29, 1.82) is 0 Å². The molecule has 0 aliphatic heterocycles. The van der Waals surface area contributed by atoms with Crippen LogP contribution < -0.4 is 10.5 Å². The van der Waals surface area contributed by atoms with Crippen molar-refractivity contribution in [3.8, 4) is 0 Å². The van der Waals surface area contributed by atoms with E-state index < -0.39 is 10.0 Å². The first kappa shape index (κ1) is 14.7. The van der Waals surface area contributed by atoms with E-state index in [1.807, 2.05) is 6.07 Å². The molecule has 0 bridgehead atoms. The topological polar surface area (TPSA) is 127 Å². The molecule has 1 fully saturated rings. The van der Waals surface area contributed by atoms with E-state index in [9.17, 15) is 8.42 Å². The quantitative estimate of drug-likeness (QED) is 0.732. The molecule has 2 aromatic heterocycles. The van der Waals surface area contributed by atoms with Crippen LogP contribution in [0.1, 0.15) is 30.3 Å². The molecule has 0 saturated heterocycles. The molecule has 9 heteroatoms. The number of sulfonamides is 1. The lowest BCUT2D eigenvalue weighted by Gasteiger charge is -2.01. The van der Waals surface area contributed by atoms with Gasteiger partial charge in [0, 0.05) is 23.9 Å². The summed E-state index contributed by atoms with van der Waals surface area (Å²) in [5, 5.41) is 15.2. The number of primary sulfonamides is 1. The van der Waals surface area contributed by atoms with E-state index in [0.29, 0.717) is 23.4 Å². The fraction of sp³-hybridized carbons (Fsp3) is 0.308. The zero-order chi connectivity index (χ0) is 15.6. The van der Waals surface area contributed by atoms with Gasteiger partial charge in [-0.1, -0.05) is 6.08 Å². The molecule has 116 valence electrons. The Morgan fingerprint density at radius 3 is 2.95 bits per heavy atom. The van der Waals surface area contributed by atoms with Crippen molar-refractivity contribution in [2.75, 3.05) is 11.1 Å². The van der Waals surface area contributed by atoms with Crippen molar-refractivity contribution in [1.82, 2.24) is 20.2 Å². The standard InChI is InChI=1S/C13H16N6O2S/c14-22(20,21)7-1-2-11-15-6-5-12(16-11)17-13-8-10(18-19-13)9-3-4-9/h1-2,5-6,8-9H,3-4,7H2,(H2,14,20,21)(H2,15,16,17,18,19). The summed E-state index contributed by atoms with van der Waals surface area (Å²) >= 11 is 0. The molecule has 2 heterocycles. The summed E-state index contributed by atoms with van der Waals surface area (Å²) in [6.45, 7) is 0. The average Bonchev–Trinajstić information content (AvgIpc) is 3.19. The number of rotatable bonds is 6. The van der Waals surface area contributed by atoms with Crippen LogP contribution in [0, 0.1) is 0 Å². The van der Waals surface area contributed by atoms with Gasteiger partial charge in [-0.05, 0) is 25.0 Å². The van der Waals surface area contributed by atoms with Gasteiger partial charge in [0.15, 0.2) is 11.6 Å². The van der Waals surface area contributed by atoms with Crippen LogP contribution in [0.5, 0.6) is 0 Å².